The number of rotatable bonds is 5. The van der Waals surface area contributed by atoms with E-state index in [9.17, 15) is 13.6 Å². The fourth-order valence-electron chi connectivity index (χ4n) is 2.18. The van der Waals surface area contributed by atoms with Gasteiger partial charge in [-0.25, -0.2) is 8.78 Å². The molecule has 2 aromatic rings. The smallest absolute Gasteiger partial charge is 0.239 e. The minimum Gasteiger partial charge on any atom is -0.368 e. The van der Waals surface area contributed by atoms with Gasteiger partial charge in [0.2, 0.25) is 5.91 Å². The number of nitrogens with one attached hydrogen (secondary N) is 1. The average molecular weight is 290 g/mol. The van der Waals surface area contributed by atoms with E-state index in [0.717, 1.165) is 6.07 Å². The third kappa shape index (κ3) is 3.64. The van der Waals surface area contributed by atoms with Crippen LogP contribution in [0, 0.1) is 11.6 Å². The van der Waals surface area contributed by atoms with Crippen LogP contribution in [0.25, 0.3) is 0 Å². The minimum atomic E-state index is -0.745. The fourth-order valence-corrected chi connectivity index (χ4v) is 2.18. The molecule has 0 bridgehead atoms. The highest BCUT2D eigenvalue weighted by Crippen LogP contribution is 2.22. The molecular formula is C16H16F2N2O. The lowest BCUT2D eigenvalue weighted by atomic mass is 10.0. The van der Waals surface area contributed by atoms with Crippen molar-refractivity contribution in [2.24, 2.45) is 5.73 Å². The Bertz CT molecular complexity index is 631. The van der Waals surface area contributed by atoms with Gasteiger partial charge < -0.3 is 5.73 Å². The molecule has 110 valence electrons. The molecule has 2 aromatic carbocycles. The van der Waals surface area contributed by atoms with Crippen molar-refractivity contribution < 1.29 is 13.6 Å². The molecule has 3 N–H and O–H groups in total. The van der Waals surface area contributed by atoms with Gasteiger partial charge in [-0.1, -0.05) is 36.4 Å². The molecule has 2 atom stereocenters. The first-order valence-electron chi connectivity index (χ1n) is 6.54. The highest BCUT2D eigenvalue weighted by molar-refractivity contribution is 5.81. The Morgan fingerprint density at radius 3 is 2.38 bits per heavy atom. The Kier molecular flexibility index (Phi) is 4.65. The molecule has 2 rings (SSSR count). The number of nitrogens with two attached hydrogens (primary N) is 1. The van der Waals surface area contributed by atoms with E-state index in [1.807, 2.05) is 6.07 Å². The first kappa shape index (κ1) is 15.1. The molecule has 3 nitrogen and oxygen atoms in total. The molecule has 0 spiro atoms. The maximum absolute atomic E-state index is 13.8. The van der Waals surface area contributed by atoms with Gasteiger partial charge >= 0.3 is 0 Å². The highest BCUT2D eigenvalue weighted by atomic mass is 19.1. The zero-order valence-electron chi connectivity index (χ0n) is 11.5. The van der Waals surface area contributed by atoms with Crippen molar-refractivity contribution >= 4 is 5.91 Å². The van der Waals surface area contributed by atoms with Crippen molar-refractivity contribution in [1.82, 2.24) is 5.32 Å². The maximum atomic E-state index is 13.8. The summed E-state index contributed by atoms with van der Waals surface area (Å²) in [4.78, 5) is 11.6. The van der Waals surface area contributed by atoms with Crippen molar-refractivity contribution in [3.8, 4) is 0 Å². The Hall–Kier alpha value is -2.27. The lowest BCUT2D eigenvalue weighted by molar-refractivity contribution is -0.120. The molecule has 2 unspecified atom stereocenters. The van der Waals surface area contributed by atoms with Gasteiger partial charge in [0.1, 0.15) is 17.7 Å². The zero-order valence-corrected chi connectivity index (χ0v) is 11.5. The summed E-state index contributed by atoms with van der Waals surface area (Å²) in [5.41, 5.74) is 6.37. The Morgan fingerprint density at radius 1 is 1.14 bits per heavy atom. The van der Waals surface area contributed by atoms with Crippen LogP contribution < -0.4 is 11.1 Å². The van der Waals surface area contributed by atoms with Gasteiger partial charge in [0, 0.05) is 17.7 Å². The van der Waals surface area contributed by atoms with E-state index in [0.29, 0.717) is 5.56 Å². The summed E-state index contributed by atoms with van der Waals surface area (Å²) in [6.07, 6.45) is 0. The Labute approximate surface area is 121 Å². The predicted molar refractivity (Wildman–Crippen MR) is 76.3 cm³/mol. The van der Waals surface area contributed by atoms with E-state index < -0.39 is 29.6 Å². The summed E-state index contributed by atoms with van der Waals surface area (Å²) < 4.78 is 26.7. The molecule has 0 heterocycles. The molecule has 1 amide bonds. The number of halogens is 2. The molecule has 21 heavy (non-hydrogen) atoms. The van der Waals surface area contributed by atoms with Crippen LogP contribution in [0.1, 0.15) is 30.1 Å². The number of carbonyl (C=O) groups excluding carboxylic acids is 1. The van der Waals surface area contributed by atoms with Gasteiger partial charge in [-0.05, 0) is 18.6 Å². The quantitative estimate of drug-likeness (QED) is 0.889. The van der Waals surface area contributed by atoms with Crippen LogP contribution >= 0.6 is 0 Å². The SMILES string of the molecule is CC(NC(C(N)=O)c1ccccc1)c1ccc(F)cc1F. The van der Waals surface area contributed by atoms with Crippen LogP contribution in [0.5, 0.6) is 0 Å². The van der Waals surface area contributed by atoms with E-state index in [1.54, 1.807) is 31.2 Å². The Morgan fingerprint density at radius 2 is 1.81 bits per heavy atom. The summed E-state index contributed by atoms with van der Waals surface area (Å²) >= 11 is 0. The van der Waals surface area contributed by atoms with E-state index in [4.69, 9.17) is 5.73 Å². The fraction of sp³-hybridized carbons (Fsp3) is 0.188. The first-order chi connectivity index (χ1) is 9.99. The molecule has 0 aliphatic heterocycles. The van der Waals surface area contributed by atoms with Crippen molar-refractivity contribution in [3.05, 3.63) is 71.3 Å². The summed E-state index contributed by atoms with van der Waals surface area (Å²) in [6.45, 7) is 1.69. The van der Waals surface area contributed by atoms with Gasteiger partial charge in [0.25, 0.3) is 0 Å². The van der Waals surface area contributed by atoms with Crippen LogP contribution in [0.3, 0.4) is 0 Å². The minimum absolute atomic E-state index is 0.276. The monoisotopic (exact) mass is 290 g/mol. The third-order valence-electron chi connectivity index (χ3n) is 3.26. The van der Waals surface area contributed by atoms with Gasteiger partial charge in [-0.15, -0.1) is 0 Å². The van der Waals surface area contributed by atoms with Gasteiger partial charge in [0.05, 0.1) is 0 Å². The summed E-state index contributed by atoms with van der Waals surface area (Å²) in [7, 11) is 0. The van der Waals surface area contributed by atoms with Gasteiger partial charge in [0.15, 0.2) is 0 Å². The van der Waals surface area contributed by atoms with Crippen LogP contribution in [0.4, 0.5) is 8.78 Å². The second-order valence-corrected chi connectivity index (χ2v) is 4.80. The number of hydrogen-bond donors (Lipinski definition) is 2. The lowest BCUT2D eigenvalue weighted by Crippen LogP contribution is -2.35. The van der Waals surface area contributed by atoms with E-state index in [-0.39, 0.29) is 5.56 Å². The number of hydrogen-bond acceptors (Lipinski definition) is 2. The highest BCUT2D eigenvalue weighted by Gasteiger charge is 2.21. The first-order valence-corrected chi connectivity index (χ1v) is 6.54. The molecular weight excluding hydrogens is 274 g/mol. The molecule has 0 aromatic heterocycles. The van der Waals surface area contributed by atoms with E-state index in [1.165, 1.54) is 12.1 Å². The van der Waals surface area contributed by atoms with Crippen LogP contribution in [-0.4, -0.2) is 5.91 Å². The third-order valence-corrected chi connectivity index (χ3v) is 3.26. The van der Waals surface area contributed by atoms with Crippen molar-refractivity contribution in [2.75, 3.05) is 0 Å². The van der Waals surface area contributed by atoms with Crippen molar-refractivity contribution in [1.29, 1.82) is 0 Å². The summed E-state index contributed by atoms with van der Waals surface area (Å²) in [6, 6.07) is 11.0. The van der Waals surface area contributed by atoms with Crippen molar-refractivity contribution in [3.63, 3.8) is 0 Å². The largest absolute Gasteiger partial charge is 0.368 e. The average Bonchev–Trinajstić information content (AvgIpc) is 2.45. The summed E-state index contributed by atoms with van der Waals surface area (Å²) in [5, 5.41) is 2.97. The molecule has 0 aliphatic carbocycles. The molecule has 0 aliphatic rings. The van der Waals surface area contributed by atoms with Gasteiger partial charge in [-0.2, -0.15) is 0 Å². The van der Waals surface area contributed by atoms with Gasteiger partial charge in [-0.3, -0.25) is 10.1 Å². The van der Waals surface area contributed by atoms with E-state index in [2.05, 4.69) is 5.32 Å². The second-order valence-electron chi connectivity index (χ2n) is 4.80. The standard InChI is InChI=1S/C16H16F2N2O/c1-10(13-8-7-12(17)9-14(13)18)20-15(16(19)21)11-5-3-2-4-6-11/h2-10,15,20H,1H3,(H2,19,21). The number of amides is 1. The molecule has 0 radical (unpaired) electrons. The normalized spacial score (nSPS) is 13.7. The predicted octanol–water partition coefficient (Wildman–Crippen LogP) is 2.84. The van der Waals surface area contributed by atoms with Crippen LogP contribution in [0.15, 0.2) is 48.5 Å². The van der Waals surface area contributed by atoms with Crippen LogP contribution in [-0.2, 0) is 4.79 Å². The zero-order chi connectivity index (χ0) is 15.4. The molecule has 0 fully saturated rings. The molecule has 5 heteroatoms. The number of primary amides is 1. The van der Waals surface area contributed by atoms with Crippen LogP contribution in [0.2, 0.25) is 0 Å². The van der Waals surface area contributed by atoms with E-state index >= 15 is 0 Å². The maximum Gasteiger partial charge on any atom is 0.239 e. The number of benzene rings is 2. The molecule has 0 saturated carbocycles. The second kappa shape index (κ2) is 6.45. The summed E-state index contributed by atoms with van der Waals surface area (Å²) in [5.74, 6) is -1.86. The number of carbonyl (C=O) groups is 1. The topological polar surface area (TPSA) is 55.1 Å². The Balaban J connectivity index is 2.23. The lowest BCUT2D eigenvalue weighted by Gasteiger charge is -2.22. The van der Waals surface area contributed by atoms with Crippen molar-refractivity contribution in [2.45, 2.75) is 19.0 Å². The molecule has 0 saturated heterocycles.